The van der Waals surface area contributed by atoms with Crippen LogP contribution in [-0.4, -0.2) is 125 Å². The summed E-state index contributed by atoms with van der Waals surface area (Å²) in [5.74, 6) is -6.31. The maximum Gasteiger partial charge on any atom is 1.00 e. The van der Waals surface area contributed by atoms with Gasteiger partial charge in [-0.3, -0.25) is 0 Å². The van der Waals surface area contributed by atoms with Crippen LogP contribution in [0.2, 0.25) is 0 Å². The maximum atomic E-state index is 12.6. The first-order chi connectivity index (χ1) is 42.2. The summed E-state index contributed by atoms with van der Waals surface area (Å²) >= 11 is 0. The summed E-state index contributed by atoms with van der Waals surface area (Å²) < 4.78 is 247. The van der Waals surface area contributed by atoms with Crippen molar-refractivity contribution in [2.75, 3.05) is 50.1 Å². The fourth-order valence-corrected chi connectivity index (χ4v) is 11.2. The van der Waals surface area contributed by atoms with Crippen LogP contribution in [0.3, 0.4) is 0 Å². The zero-order chi connectivity index (χ0) is 66.6. The Morgan fingerprint density at radius 1 is 0.306 bits per heavy atom. The van der Waals surface area contributed by atoms with Crippen molar-refractivity contribution in [1.82, 2.24) is 0 Å². The Labute approximate surface area is 713 Å². The Morgan fingerprint density at radius 2 is 0.622 bits per heavy atom. The largest absolute Gasteiger partial charge is 1.00 e. The number of azo groups is 4. The molecule has 8 aromatic rings. The van der Waals surface area contributed by atoms with Gasteiger partial charge >= 0.3 is 207 Å². The molecule has 480 valence electrons. The zero-order valence-corrected chi connectivity index (χ0v) is 71.6. The van der Waals surface area contributed by atoms with Crippen molar-refractivity contribution in [3.8, 4) is 11.5 Å². The average molecular weight is 1550 g/mol. The van der Waals surface area contributed by atoms with Gasteiger partial charge in [-0.1, -0.05) is 12.1 Å². The first kappa shape index (κ1) is 93.7. The summed E-state index contributed by atoms with van der Waals surface area (Å²) in [6.07, 6.45) is 0. The number of nitrogens with one attached hydrogen (secondary N) is 5. The number of benzene rings is 8. The molecule has 0 saturated heterocycles. The van der Waals surface area contributed by atoms with Crippen molar-refractivity contribution in [2.45, 2.75) is 14.7 Å². The molecule has 0 spiro atoms. The molecule has 0 aliphatic heterocycles. The third kappa shape index (κ3) is 27.6. The second-order valence-electron chi connectivity index (χ2n) is 18.4. The number of phenolic OH excluding ortho intramolecular Hbond substituents is 2. The molecule has 0 saturated carbocycles. The molecule has 7 N–H and O–H groups in total. The van der Waals surface area contributed by atoms with Crippen molar-refractivity contribution in [3.05, 3.63) is 127 Å². The molecule has 0 aliphatic carbocycles. The van der Waals surface area contributed by atoms with Gasteiger partial charge in [0.05, 0.1) is 54.5 Å². The Balaban J connectivity index is 0.00000686. The fourth-order valence-electron chi connectivity index (χ4n) is 7.87. The molecule has 0 heterocycles. The minimum Gasteiger partial charge on any atom is -0.747 e. The predicted octanol–water partition coefficient (Wildman–Crippen LogP) is -13.8. The smallest absolute Gasteiger partial charge is 0.747 e. The quantitative estimate of drug-likeness (QED) is 0.0159. The van der Waals surface area contributed by atoms with Crippen LogP contribution < -0.4 is 233 Å². The van der Waals surface area contributed by atoms with Crippen LogP contribution in [0, 0.1) is 0 Å². The number of fused-ring (bicyclic) bond motifs is 2. The average Bonchev–Trinajstić information content (AvgIpc) is 0.779. The van der Waals surface area contributed by atoms with E-state index in [2.05, 4.69) is 67.5 Å². The van der Waals surface area contributed by atoms with Crippen LogP contribution in [0.15, 0.2) is 183 Å². The minimum atomic E-state index is -5.47. The number of hydrogen-bond donors (Lipinski definition) is 7. The Morgan fingerprint density at radius 3 is 0.990 bits per heavy atom. The van der Waals surface area contributed by atoms with Crippen LogP contribution in [0.25, 0.3) is 21.5 Å². The minimum absolute atomic E-state index is 0. The van der Waals surface area contributed by atoms with E-state index in [1.165, 1.54) is 78.9 Å². The maximum absolute atomic E-state index is 12.6. The molecular weight excluding hydrogens is 1510 g/mol. The standard InChI is InChI=1S/C48H43N13O23S7.7Na/c62-47-35-17-32(55-58-37-12-9-30(49-22-85(64,65)66)19-40(37)51-24-87(70,71)72)3-1-26(35)15-43(90(79,80)81)45(47)60-54-29-7-5-28(6-8-29)53-39-14-11-34(21-42(39)89(76,77)78)57-61-46-44(91(82,83)84)16-27-2-4-33(18-36(27)48(46)63)56-59-38-13-10-31(50-23-86(67,68)69)20-41(38)52-25-88(73,74)75;;;;;;;/h1-21,49-53,62-63H,22-25H2,(H,64,65,66)(H,67,68,69)(H,70,71,72)(H,73,74,75)(H,76,77,78)(H,79,80,81)(H,82,83,84);;;;;;;/q;7*+1/p-7. The van der Waals surface area contributed by atoms with Gasteiger partial charge in [-0.15, -0.1) is 20.5 Å². The molecule has 36 nitrogen and oxygen atoms in total. The third-order valence-electron chi connectivity index (χ3n) is 11.8. The first-order valence-corrected chi connectivity index (χ1v) is 34.9. The second kappa shape index (κ2) is 38.6. The van der Waals surface area contributed by atoms with Crippen molar-refractivity contribution >= 4 is 172 Å². The van der Waals surface area contributed by atoms with E-state index in [-0.39, 0.29) is 291 Å². The van der Waals surface area contributed by atoms with Crippen molar-refractivity contribution < 1.29 is 308 Å². The first-order valence-electron chi connectivity index (χ1n) is 24.4. The van der Waals surface area contributed by atoms with Gasteiger partial charge in [0.1, 0.15) is 117 Å². The summed E-state index contributed by atoms with van der Waals surface area (Å²) in [4.78, 5) is -3.09. The van der Waals surface area contributed by atoms with E-state index in [0.29, 0.717) is 6.07 Å². The number of nitrogens with zero attached hydrogens (tertiary/aromatic N) is 8. The van der Waals surface area contributed by atoms with Crippen molar-refractivity contribution in [2.24, 2.45) is 40.9 Å². The Kier molecular flexibility index (Phi) is 36.9. The number of hydrogen-bond acceptors (Lipinski definition) is 36. The normalized spacial score (nSPS) is 12.1. The van der Waals surface area contributed by atoms with Crippen molar-refractivity contribution in [1.29, 1.82) is 0 Å². The van der Waals surface area contributed by atoms with E-state index in [0.717, 1.165) is 42.5 Å². The molecule has 8 rings (SSSR count). The van der Waals surface area contributed by atoms with Gasteiger partial charge in [-0.05, 0) is 126 Å². The summed E-state index contributed by atoms with van der Waals surface area (Å²) in [5.41, 5.74) is -3.45. The molecule has 0 aliphatic rings. The van der Waals surface area contributed by atoms with Gasteiger partial charge in [0.2, 0.25) is 0 Å². The van der Waals surface area contributed by atoms with E-state index in [1.807, 2.05) is 0 Å². The number of aromatic hydroxyl groups is 2. The summed E-state index contributed by atoms with van der Waals surface area (Å²) in [6.45, 7) is 0. The molecule has 50 heteroatoms. The molecule has 8 aromatic carbocycles. The van der Waals surface area contributed by atoms with E-state index in [9.17, 15) is 101 Å². The third-order valence-corrected chi connectivity index (χ3v) is 16.4. The number of rotatable bonds is 25. The van der Waals surface area contributed by atoms with Crippen LogP contribution >= 0.6 is 0 Å². The van der Waals surface area contributed by atoms with Gasteiger partial charge in [-0.2, -0.15) is 20.5 Å². The second-order valence-corrected chi connectivity index (χ2v) is 28.1. The van der Waals surface area contributed by atoms with Crippen LogP contribution in [0.4, 0.5) is 79.6 Å². The molecule has 0 fully saturated rings. The van der Waals surface area contributed by atoms with E-state index < -0.39 is 138 Å². The van der Waals surface area contributed by atoms with Gasteiger partial charge in [0.25, 0.3) is 0 Å². The van der Waals surface area contributed by atoms with E-state index >= 15 is 0 Å². The SMILES string of the molecule is O=S(=O)([O-])CNc1ccc(N=Nc2ccc3cc(S(=O)(=O)[O-])c(N=Nc4ccc(Nc5ccc(N=Nc6c(S(=O)(=O)[O-])cc7ccc(N=Nc8ccc(NCS(=O)(=O)[O-])cc8NCS(=O)(=O)[O-])cc7c6O)cc5S(=O)(=O)[O-])cc4)c(O)c3c2)c(NCS(=O)(=O)[O-])c1.[Na+].[Na+].[Na+].[Na+].[Na+].[Na+].[Na+]. The number of phenols is 2. The molecule has 0 bridgehead atoms. The molecule has 0 atom stereocenters. The van der Waals surface area contributed by atoms with Crippen molar-refractivity contribution in [3.63, 3.8) is 0 Å². The summed E-state index contributed by atoms with van der Waals surface area (Å²) in [5, 5.41) is 65.4. The van der Waals surface area contributed by atoms with Gasteiger partial charge in [-0.25, -0.2) is 58.9 Å². The van der Waals surface area contributed by atoms with Gasteiger partial charge < -0.3 is 68.7 Å². The molecule has 0 radical (unpaired) electrons. The van der Waals surface area contributed by atoms with E-state index in [1.54, 1.807) is 0 Å². The molecule has 98 heavy (non-hydrogen) atoms. The predicted molar refractivity (Wildman–Crippen MR) is 314 cm³/mol. The van der Waals surface area contributed by atoms with E-state index in [4.69, 9.17) is 0 Å². The monoisotopic (exact) mass is 1550 g/mol. The summed E-state index contributed by atoms with van der Waals surface area (Å²) in [7, 11) is -35.5. The Hall–Kier alpha value is -2.35. The summed E-state index contributed by atoms with van der Waals surface area (Å²) in [6, 6.07) is 23.8. The topological polar surface area (TPSA) is 600 Å². The molecule has 0 aromatic heterocycles. The van der Waals surface area contributed by atoms with Crippen LogP contribution in [0.5, 0.6) is 11.5 Å². The van der Waals surface area contributed by atoms with Crippen LogP contribution in [0.1, 0.15) is 0 Å². The van der Waals surface area contributed by atoms with Gasteiger partial charge in [0, 0.05) is 27.8 Å². The fraction of sp³-hybridized carbons (Fsp3) is 0.0833. The van der Waals surface area contributed by atoms with Gasteiger partial charge in [0.15, 0.2) is 11.5 Å². The number of anilines is 6. The molecule has 0 unspecified atom stereocenters. The Bertz CT molecular complexity index is 5260. The zero-order valence-electron chi connectivity index (χ0n) is 51.9. The molecular formula is C48H36N13Na7O23S7. The van der Waals surface area contributed by atoms with Crippen LogP contribution in [-0.2, 0) is 70.8 Å². The molecule has 0 amide bonds.